The zero-order chi connectivity index (χ0) is 13.9. The van der Waals surface area contributed by atoms with E-state index in [1.54, 1.807) is 0 Å². The summed E-state index contributed by atoms with van der Waals surface area (Å²) in [6, 6.07) is 2.16. The summed E-state index contributed by atoms with van der Waals surface area (Å²) < 4.78 is 2.05. The summed E-state index contributed by atoms with van der Waals surface area (Å²) in [6.45, 7) is 9.65. The van der Waals surface area contributed by atoms with Crippen LogP contribution in [-0.4, -0.2) is 33.3 Å². The van der Waals surface area contributed by atoms with Gasteiger partial charge in [0.1, 0.15) is 0 Å². The second kappa shape index (κ2) is 6.06. The van der Waals surface area contributed by atoms with Crippen molar-refractivity contribution < 1.29 is 0 Å². The number of aromatic nitrogens is 2. The molecule has 0 bridgehead atoms. The third-order valence-electron chi connectivity index (χ3n) is 4.81. The Morgan fingerprint density at radius 1 is 1.32 bits per heavy atom. The highest BCUT2D eigenvalue weighted by molar-refractivity contribution is 5.16. The van der Waals surface area contributed by atoms with Crippen LogP contribution in [0, 0.1) is 0 Å². The Kier molecular flexibility index (Phi) is 4.63. The van der Waals surface area contributed by atoms with Gasteiger partial charge in [0.25, 0.3) is 0 Å². The summed E-state index contributed by atoms with van der Waals surface area (Å²) >= 11 is 0. The lowest BCUT2D eigenvalue weighted by molar-refractivity contribution is 0.0740. The van der Waals surface area contributed by atoms with Gasteiger partial charge in [0, 0.05) is 18.3 Å². The lowest BCUT2D eigenvalue weighted by atomic mass is 9.84. The fourth-order valence-electron chi connectivity index (χ4n) is 3.81. The third-order valence-corrected chi connectivity index (χ3v) is 4.81. The van der Waals surface area contributed by atoms with Crippen LogP contribution in [0.5, 0.6) is 0 Å². The Bertz CT molecular complexity index is 389. The van der Waals surface area contributed by atoms with Crippen molar-refractivity contribution in [2.75, 3.05) is 13.1 Å². The third kappa shape index (κ3) is 2.43. The number of nitrogens with zero attached hydrogens (tertiary/aromatic N) is 3. The lowest BCUT2D eigenvalue weighted by Crippen LogP contribution is -2.54. The molecule has 1 unspecified atom stereocenters. The maximum Gasteiger partial charge on any atom is 0.0653 e. The molecule has 1 heterocycles. The minimum absolute atomic E-state index is 0.0670. The number of nitrogens with two attached hydrogens (primary N) is 1. The van der Waals surface area contributed by atoms with E-state index in [1.165, 1.54) is 31.4 Å². The van der Waals surface area contributed by atoms with Gasteiger partial charge in [-0.1, -0.05) is 26.7 Å². The van der Waals surface area contributed by atoms with E-state index in [4.69, 9.17) is 5.73 Å². The Morgan fingerprint density at radius 2 is 1.95 bits per heavy atom. The molecule has 1 aliphatic carbocycles. The van der Waals surface area contributed by atoms with Gasteiger partial charge in [-0.3, -0.25) is 9.58 Å². The average molecular weight is 264 g/mol. The predicted molar refractivity (Wildman–Crippen MR) is 78.9 cm³/mol. The first-order valence-electron chi connectivity index (χ1n) is 7.72. The standard InChI is InChI=1S/C15H28N4/c1-4-18(5-2)15(10-7-8-11-15)14(16)13-9-12-17-19(13)6-3/h9,12,14H,4-8,10-11,16H2,1-3H3. The van der Waals surface area contributed by atoms with Crippen LogP contribution >= 0.6 is 0 Å². The molecule has 1 fully saturated rings. The molecule has 1 atom stereocenters. The molecule has 2 N–H and O–H groups in total. The maximum absolute atomic E-state index is 6.71. The first-order valence-corrected chi connectivity index (χ1v) is 7.72. The predicted octanol–water partition coefficient (Wildman–Crippen LogP) is 2.56. The zero-order valence-electron chi connectivity index (χ0n) is 12.6. The summed E-state index contributed by atoms with van der Waals surface area (Å²) in [5.41, 5.74) is 8.03. The maximum atomic E-state index is 6.71. The molecule has 0 spiro atoms. The van der Waals surface area contributed by atoms with Crippen LogP contribution in [0.25, 0.3) is 0 Å². The molecule has 1 aromatic rings. The molecule has 0 aromatic carbocycles. The lowest BCUT2D eigenvalue weighted by Gasteiger charge is -2.44. The van der Waals surface area contributed by atoms with E-state index < -0.39 is 0 Å². The fourth-order valence-corrected chi connectivity index (χ4v) is 3.81. The first kappa shape index (κ1) is 14.5. The van der Waals surface area contributed by atoms with Gasteiger partial charge in [-0.15, -0.1) is 0 Å². The van der Waals surface area contributed by atoms with Crippen LogP contribution in [-0.2, 0) is 6.54 Å². The SMILES string of the molecule is CCN(CC)C1(C(N)c2ccnn2CC)CCCC1. The van der Waals surface area contributed by atoms with E-state index in [-0.39, 0.29) is 11.6 Å². The second-order valence-electron chi connectivity index (χ2n) is 5.53. The highest BCUT2D eigenvalue weighted by Crippen LogP contribution is 2.43. The minimum atomic E-state index is 0.0670. The summed E-state index contributed by atoms with van der Waals surface area (Å²) in [4.78, 5) is 2.57. The largest absolute Gasteiger partial charge is 0.321 e. The number of rotatable bonds is 6. The molecule has 2 rings (SSSR count). The van der Waals surface area contributed by atoms with E-state index in [1.807, 2.05) is 10.9 Å². The molecule has 4 heteroatoms. The topological polar surface area (TPSA) is 47.1 Å². The quantitative estimate of drug-likeness (QED) is 0.859. The van der Waals surface area contributed by atoms with Crippen molar-refractivity contribution in [1.29, 1.82) is 0 Å². The number of likely N-dealkylation sites (N-methyl/N-ethyl adjacent to an activating group) is 1. The van der Waals surface area contributed by atoms with Crippen molar-refractivity contribution in [2.24, 2.45) is 5.73 Å². The van der Waals surface area contributed by atoms with Crippen LogP contribution in [0.2, 0.25) is 0 Å². The molecule has 0 amide bonds. The molecule has 0 aliphatic heterocycles. The highest BCUT2D eigenvalue weighted by Gasteiger charge is 2.44. The van der Waals surface area contributed by atoms with Gasteiger partial charge in [-0.25, -0.2) is 0 Å². The van der Waals surface area contributed by atoms with Gasteiger partial charge in [-0.05, 0) is 38.9 Å². The van der Waals surface area contributed by atoms with Crippen molar-refractivity contribution in [2.45, 2.75) is 64.6 Å². The van der Waals surface area contributed by atoms with Gasteiger partial charge in [0.05, 0.1) is 11.7 Å². The van der Waals surface area contributed by atoms with Crippen molar-refractivity contribution in [3.8, 4) is 0 Å². The average Bonchev–Trinajstić information content (AvgIpc) is 3.08. The highest BCUT2D eigenvalue weighted by atomic mass is 15.3. The van der Waals surface area contributed by atoms with Crippen molar-refractivity contribution in [3.63, 3.8) is 0 Å². The second-order valence-corrected chi connectivity index (χ2v) is 5.53. The molecule has 1 saturated carbocycles. The summed E-state index contributed by atoms with van der Waals surface area (Å²) in [6.07, 6.45) is 6.90. The molecule has 19 heavy (non-hydrogen) atoms. The Labute approximate surface area is 117 Å². The molecule has 1 aliphatic rings. The minimum Gasteiger partial charge on any atom is -0.321 e. The van der Waals surface area contributed by atoms with Gasteiger partial charge < -0.3 is 5.73 Å². The van der Waals surface area contributed by atoms with Crippen molar-refractivity contribution >= 4 is 0 Å². The molecule has 108 valence electrons. The molecule has 4 nitrogen and oxygen atoms in total. The Hall–Kier alpha value is -0.870. The summed E-state index contributed by atoms with van der Waals surface area (Å²) in [5.74, 6) is 0. The van der Waals surface area contributed by atoms with Gasteiger partial charge >= 0.3 is 0 Å². The normalized spacial score (nSPS) is 20.1. The van der Waals surface area contributed by atoms with Crippen LogP contribution in [0.4, 0.5) is 0 Å². The fraction of sp³-hybridized carbons (Fsp3) is 0.800. The summed E-state index contributed by atoms with van der Waals surface area (Å²) in [7, 11) is 0. The molecule has 0 saturated heterocycles. The van der Waals surface area contributed by atoms with E-state index >= 15 is 0 Å². The van der Waals surface area contributed by atoms with Gasteiger partial charge in [-0.2, -0.15) is 5.10 Å². The van der Waals surface area contributed by atoms with Crippen molar-refractivity contribution in [1.82, 2.24) is 14.7 Å². The van der Waals surface area contributed by atoms with E-state index in [2.05, 4.69) is 36.8 Å². The molecular formula is C15H28N4. The van der Waals surface area contributed by atoms with E-state index in [9.17, 15) is 0 Å². The van der Waals surface area contributed by atoms with E-state index in [0.717, 1.165) is 19.6 Å². The number of hydrogen-bond acceptors (Lipinski definition) is 3. The Balaban J connectivity index is 2.33. The van der Waals surface area contributed by atoms with Crippen LogP contribution in [0.3, 0.4) is 0 Å². The van der Waals surface area contributed by atoms with Gasteiger partial charge in [0.15, 0.2) is 0 Å². The smallest absolute Gasteiger partial charge is 0.0653 e. The van der Waals surface area contributed by atoms with Crippen LogP contribution < -0.4 is 5.73 Å². The van der Waals surface area contributed by atoms with Crippen LogP contribution in [0.1, 0.15) is 58.2 Å². The number of aryl methyl sites for hydroxylation is 1. The first-order chi connectivity index (χ1) is 9.19. The molecule has 0 radical (unpaired) electrons. The number of hydrogen-bond donors (Lipinski definition) is 1. The van der Waals surface area contributed by atoms with Gasteiger partial charge in [0.2, 0.25) is 0 Å². The summed E-state index contributed by atoms with van der Waals surface area (Å²) in [5, 5.41) is 4.39. The van der Waals surface area contributed by atoms with Crippen LogP contribution in [0.15, 0.2) is 12.3 Å². The zero-order valence-corrected chi connectivity index (χ0v) is 12.6. The van der Waals surface area contributed by atoms with Crippen molar-refractivity contribution in [3.05, 3.63) is 18.0 Å². The van der Waals surface area contributed by atoms with E-state index in [0.29, 0.717) is 0 Å². The molecule has 1 aromatic heterocycles. The monoisotopic (exact) mass is 264 g/mol. The Morgan fingerprint density at radius 3 is 2.47 bits per heavy atom. The molecular weight excluding hydrogens is 236 g/mol.